The summed E-state index contributed by atoms with van der Waals surface area (Å²) in [6, 6.07) is 17.3. The van der Waals surface area contributed by atoms with Crippen LogP contribution in [0.15, 0.2) is 64.6 Å². The Bertz CT molecular complexity index is 1110. The van der Waals surface area contributed by atoms with E-state index in [9.17, 15) is 14.4 Å². The molecule has 1 heterocycles. The zero-order valence-electron chi connectivity index (χ0n) is 15.3. The number of hydrogen-bond acceptors (Lipinski definition) is 2. The molecule has 140 valence electrons. The highest BCUT2D eigenvalue weighted by Crippen LogP contribution is 2.24. The van der Waals surface area contributed by atoms with Gasteiger partial charge in [-0.2, -0.15) is 5.26 Å². The second kappa shape index (κ2) is 8.24. The van der Waals surface area contributed by atoms with Gasteiger partial charge in [-0.15, -0.1) is 0 Å². The van der Waals surface area contributed by atoms with Crippen molar-refractivity contribution in [1.82, 2.24) is 4.57 Å². The molecule has 4 nitrogen and oxygen atoms in total. The van der Waals surface area contributed by atoms with E-state index >= 15 is 0 Å². The molecule has 1 amide bonds. The van der Waals surface area contributed by atoms with E-state index in [1.807, 2.05) is 26.0 Å². The number of nitrogens with zero attached hydrogens (tertiary/aromatic N) is 2. The van der Waals surface area contributed by atoms with Crippen molar-refractivity contribution in [2.75, 3.05) is 5.32 Å². The Morgan fingerprint density at radius 2 is 1.86 bits per heavy atom. The standard InChI is InChI=1S/C22H17BrFN3O/c1-14-11-16(15(2)27(14)21-6-4-3-5-20(21)24)12-17(13-25)22(28)26-19-9-7-18(23)8-10-19/h3-12H,1-2H3,(H,26,28)/b17-12-. The summed E-state index contributed by atoms with van der Waals surface area (Å²) >= 11 is 3.33. The van der Waals surface area contributed by atoms with Gasteiger partial charge in [0, 0.05) is 21.5 Å². The van der Waals surface area contributed by atoms with E-state index in [-0.39, 0.29) is 11.4 Å². The first-order valence-electron chi connectivity index (χ1n) is 8.53. The molecule has 0 radical (unpaired) electrons. The molecule has 0 saturated carbocycles. The number of para-hydroxylation sites is 1. The summed E-state index contributed by atoms with van der Waals surface area (Å²) in [5.41, 5.74) is 3.22. The van der Waals surface area contributed by atoms with E-state index < -0.39 is 5.91 Å². The van der Waals surface area contributed by atoms with Gasteiger partial charge in [-0.1, -0.05) is 28.1 Å². The van der Waals surface area contributed by atoms with Crippen LogP contribution in [0.3, 0.4) is 0 Å². The van der Waals surface area contributed by atoms with Crippen molar-refractivity contribution in [2.45, 2.75) is 13.8 Å². The first-order chi connectivity index (χ1) is 13.4. The van der Waals surface area contributed by atoms with Crippen molar-refractivity contribution in [3.05, 3.63) is 87.4 Å². The molecule has 0 fully saturated rings. The van der Waals surface area contributed by atoms with Gasteiger partial charge < -0.3 is 9.88 Å². The average Bonchev–Trinajstić information content (AvgIpc) is 2.95. The number of anilines is 1. The number of aryl methyl sites for hydroxylation is 1. The number of nitriles is 1. The number of rotatable bonds is 4. The van der Waals surface area contributed by atoms with Crippen LogP contribution in [-0.4, -0.2) is 10.5 Å². The summed E-state index contributed by atoms with van der Waals surface area (Å²) in [6.07, 6.45) is 1.52. The van der Waals surface area contributed by atoms with E-state index in [2.05, 4.69) is 21.2 Å². The van der Waals surface area contributed by atoms with Crippen LogP contribution in [0.2, 0.25) is 0 Å². The second-order valence-electron chi connectivity index (χ2n) is 6.24. The number of carbonyl (C=O) groups excluding carboxylic acids is 1. The largest absolute Gasteiger partial charge is 0.321 e. The number of hydrogen-bond donors (Lipinski definition) is 1. The molecule has 0 bridgehead atoms. The third-order valence-corrected chi connectivity index (χ3v) is 4.86. The number of halogens is 2. The fourth-order valence-corrected chi connectivity index (χ4v) is 3.24. The number of carbonyl (C=O) groups is 1. The molecule has 3 rings (SSSR count). The monoisotopic (exact) mass is 437 g/mol. The highest BCUT2D eigenvalue weighted by atomic mass is 79.9. The zero-order chi connectivity index (χ0) is 20.3. The lowest BCUT2D eigenvalue weighted by Crippen LogP contribution is -2.13. The van der Waals surface area contributed by atoms with Gasteiger partial charge in [-0.05, 0) is 68.0 Å². The molecule has 0 spiro atoms. The van der Waals surface area contributed by atoms with E-state index in [0.29, 0.717) is 16.9 Å². The number of aromatic nitrogens is 1. The lowest BCUT2D eigenvalue weighted by Gasteiger charge is -2.10. The van der Waals surface area contributed by atoms with Gasteiger partial charge in [0.2, 0.25) is 0 Å². The highest BCUT2D eigenvalue weighted by Gasteiger charge is 2.15. The molecule has 0 aliphatic carbocycles. The SMILES string of the molecule is Cc1cc(/C=C(/C#N)C(=O)Nc2ccc(Br)cc2)c(C)n1-c1ccccc1F. The molecule has 0 aliphatic rings. The predicted octanol–water partition coefficient (Wildman–Crippen LogP) is 5.54. The summed E-state index contributed by atoms with van der Waals surface area (Å²) in [4.78, 5) is 12.5. The van der Waals surface area contributed by atoms with Gasteiger partial charge in [0.25, 0.3) is 5.91 Å². The molecular weight excluding hydrogens is 421 g/mol. The van der Waals surface area contributed by atoms with Crippen molar-refractivity contribution in [1.29, 1.82) is 5.26 Å². The molecule has 0 unspecified atom stereocenters. The van der Waals surface area contributed by atoms with Crippen LogP contribution >= 0.6 is 15.9 Å². The maximum absolute atomic E-state index is 14.2. The van der Waals surface area contributed by atoms with E-state index in [1.165, 1.54) is 12.1 Å². The van der Waals surface area contributed by atoms with E-state index in [0.717, 1.165) is 15.9 Å². The second-order valence-corrected chi connectivity index (χ2v) is 7.16. The molecule has 1 N–H and O–H groups in total. The molecule has 28 heavy (non-hydrogen) atoms. The lowest BCUT2D eigenvalue weighted by atomic mass is 10.1. The van der Waals surface area contributed by atoms with Crippen LogP contribution in [-0.2, 0) is 4.79 Å². The van der Waals surface area contributed by atoms with Gasteiger partial charge in [0.1, 0.15) is 17.5 Å². The van der Waals surface area contributed by atoms with Gasteiger partial charge in [-0.3, -0.25) is 4.79 Å². The molecule has 3 aromatic rings. The Balaban J connectivity index is 1.94. The molecule has 0 aliphatic heterocycles. The highest BCUT2D eigenvalue weighted by molar-refractivity contribution is 9.10. The van der Waals surface area contributed by atoms with Gasteiger partial charge in [-0.25, -0.2) is 4.39 Å². The van der Waals surface area contributed by atoms with E-state index in [1.54, 1.807) is 47.0 Å². The molecular formula is C22H17BrFN3O. The van der Waals surface area contributed by atoms with Gasteiger partial charge >= 0.3 is 0 Å². The van der Waals surface area contributed by atoms with Gasteiger partial charge in [0.05, 0.1) is 5.69 Å². The van der Waals surface area contributed by atoms with Crippen LogP contribution in [0, 0.1) is 31.0 Å². The van der Waals surface area contributed by atoms with Crippen LogP contribution in [0.1, 0.15) is 17.0 Å². The quantitative estimate of drug-likeness (QED) is 0.430. The minimum absolute atomic E-state index is 0.0308. The molecule has 6 heteroatoms. The van der Waals surface area contributed by atoms with Crippen molar-refractivity contribution in [3.8, 4) is 11.8 Å². The summed E-state index contributed by atoms with van der Waals surface area (Å²) in [5, 5.41) is 12.2. The van der Waals surface area contributed by atoms with Crippen LogP contribution in [0.25, 0.3) is 11.8 Å². The molecule has 2 aromatic carbocycles. The maximum Gasteiger partial charge on any atom is 0.266 e. The molecule has 0 saturated heterocycles. The minimum Gasteiger partial charge on any atom is -0.321 e. The Morgan fingerprint density at radius 1 is 1.18 bits per heavy atom. The predicted molar refractivity (Wildman–Crippen MR) is 112 cm³/mol. The number of amides is 1. The minimum atomic E-state index is -0.500. The maximum atomic E-state index is 14.2. The molecule has 0 atom stereocenters. The first kappa shape index (κ1) is 19.6. The van der Waals surface area contributed by atoms with Crippen molar-refractivity contribution in [3.63, 3.8) is 0 Å². The van der Waals surface area contributed by atoms with Crippen LogP contribution < -0.4 is 5.32 Å². The van der Waals surface area contributed by atoms with Crippen molar-refractivity contribution >= 4 is 33.6 Å². The summed E-state index contributed by atoms with van der Waals surface area (Å²) in [7, 11) is 0. The third kappa shape index (κ3) is 4.05. The number of nitrogens with one attached hydrogen (secondary N) is 1. The van der Waals surface area contributed by atoms with Crippen molar-refractivity contribution in [2.24, 2.45) is 0 Å². The summed E-state index contributed by atoms with van der Waals surface area (Å²) in [6.45, 7) is 3.68. The third-order valence-electron chi connectivity index (χ3n) is 4.33. The Kier molecular flexibility index (Phi) is 5.76. The lowest BCUT2D eigenvalue weighted by molar-refractivity contribution is -0.112. The van der Waals surface area contributed by atoms with E-state index in [4.69, 9.17) is 0 Å². The normalized spacial score (nSPS) is 11.2. The fourth-order valence-electron chi connectivity index (χ4n) is 2.97. The zero-order valence-corrected chi connectivity index (χ0v) is 16.9. The van der Waals surface area contributed by atoms with Crippen LogP contribution in [0.5, 0.6) is 0 Å². The van der Waals surface area contributed by atoms with Crippen LogP contribution in [0.4, 0.5) is 10.1 Å². The summed E-state index contributed by atoms with van der Waals surface area (Å²) in [5.74, 6) is -0.839. The first-order valence-corrected chi connectivity index (χ1v) is 9.32. The Morgan fingerprint density at radius 3 is 2.50 bits per heavy atom. The fraction of sp³-hybridized carbons (Fsp3) is 0.0909. The Labute approximate surface area is 171 Å². The smallest absolute Gasteiger partial charge is 0.266 e. The molecule has 1 aromatic heterocycles. The Hall–Kier alpha value is -3.17. The van der Waals surface area contributed by atoms with Gasteiger partial charge in [0.15, 0.2) is 0 Å². The van der Waals surface area contributed by atoms with Crippen molar-refractivity contribution < 1.29 is 9.18 Å². The topological polar surface area (TPSA) is 57.8 Å². The summed E-state index contributed by atoms with van der Waals surface area (Å²) < 4.78 is 16.9. The number of benzene rings is 2. The average molecular weight is 438 g/mol.